The number of aromatic amines is 1. The van der Waals surface area contributed by atoms with Gasteiger partial charge in [0.05, 0.1) is 4.92 Å². The van der Waals surface area contributed by atoms with Gasteiger partial charge in [-0.2, -0.15) is 4.39 Å². The molecule has 84 valence electrons. The van der Waals surface area contributed by atoms with Crippen molar-refractivity contribution in [2.75, 3.05) is 0 Å². The van der Waals surface area contributed by atoms with E-state index >= 15 is 0 Å². The molecule has 0 saturated heterocycles. The zero-order chi connectivity index (χ0) is 12.0. The summed E-state index contributed by atoms with van der Waals surface area (Å²) in [6.45, 7) is 0. The lowest BCUT2D eigenvalue weighted by Crippen LogP contribution is -1.91. The van der Waals surface area contributed by atoms with Gasteiger partial charge in [0.2, 0.25) is 5.82 Å². The molecule has 3 rings (SSSR count). The second-order valence-corrected chi connectivity index (χ2v) is 3.78. The molecule has 0 saturated carbocycles. The fraction of sp³-hybridized carbons (Fsp3) is 0. The van der Waals surface area contributed by atoms with Crippen LogP contribution in [0.2, 0.25) is 0 Å². The minimum absolute atomic E-state index is 0.498. The van der Waals surface area contributed by atoms with Crippen LogP contribution in [0.5, 0.6) is 0 Å². The van der Waals surface area contributed by atoms with E-state index in [-0.39, 0.29) is 0 Å². The second-order valence-electron chi connectivity index (χ2n) is 3.78. The molecule has 0 bridgehead atoms. The van der Waals surface area contributed by atoms with Crippen LogP contribution < -0.4 is 0 Å². The molecule has 0 aliphatic heterocycles. The quantitative estimate of drug-likeness (QED) is 0.514. The number of nitrogens with one attached hydrogen (secondary N) is 1. The lowest BCUT2D eigenvalue weighted by atomic mass is 10.1. The third-order valence-corrected chi connectivity index (χ3v) is 2.77. The Morgan fingerprint density at radius 2 is 1.88 bits per heavy atom. The molecule has 2 aromatic carbocycles. The van der Waals surface area contributed by atoms with E-state index in [4.69, 9.17) is 0 Å². The van der Waals surface area contributed by atoms with Crippen LogP contribution >= 0.6 is 0 Å². The highest BCUT2D eigenvalue weighted by Gasteiger charge is 2.17. The minimum Gasteiger partial charge on any atom is -0.354 e. The Morgan fingerprint density at radius 1 is 1.12 bits per heavy atom. The number of fused-ring (bicyclic) bond motifs is 3. The molecule has 0 fully saturated rings. The molecule has 0 radical (unpaired) electrons. The normalized spacial score (nSPS) is 11.1. The van der Waals surface area contributed by atoms with E-state index in [1.54, 1.807) is 0 Å². The van der Waals surface area contributed by atoms with Crippen molar-refractivity contribution in [1.29, 1.82) is 0 Å². The number of hydrogen-bond donors (Lipinski definition) is 1. The first-order chi connectivity index (χ1) is 8.16. The summed E-state index contributed by atoms with van der Waals surface area (Å²) < 4.78 is 13.4. The molecule has 3 aromatic rings. The Bertz CT molecular complexity index is 749. The van der Waals surface area contributed by atoms with Gasteiger partial charge in [-0.1, -0.05) is 18.2 Å². The SMILES string of the molecule is O=[N+]([O-])c1cc2c(cc1F)[nH]c1ccccc12. The maximum atomic E-state index is 13.4. The summed E-state index contributed by atoms with van der Waals surface area (Å²) in [5, 5.41) is 12.2. The number of halogens is 1. The van der Waals surface area contributed by atoms with Crippen LogP contribution in [-0.2, 0) is 0 Å². The van der Waals surface area contributed by atoms with E-state index in [1.807, 2.05) is 24.3 Å². The van der Waals surface area contributed by atoms with Crippen LogP contribution in [0.15, 0.2) is 36.4 Å². The number of nitro groups is 1. The number of rotatable bonds is 1. The molecule has 1 heterocycles. The van der Waals surface area contributed by atoms with E-state index in [2.05, 4.69) is 4.98 Å². The Morgan fingerprint density at radius 3 is 2.65 bits per heavy atom. The molecule has 0 aliphatic rings. The van der Waals surface area contributed by atoms with Crippen LogP contribution in [0.1, 0.15) is 0 Å². The van der Waals surface area contributed by atoms with Crippen molar-refractivity contribution >= 4 is 27.5 Å². The summed E-state index contributed by atoms with van der Waals surface area (Å²) in [6, 6.07) is 9.80. The maximum absolute atomic E-state index is 13.4. The summed E-state index contributed by atoms with van der Waals surface area (Å²) in [5.74, 6) is -0.825. The van der Waals surface area contributed by atoms with Crippen LogP contribution in [0.3, 0.4) is 0 Å². The average Bonchev–Trinajstić information content (AvgIpc) is 2.64. The highest BCUT2D eigenvalue weighted by Crippen LogP contribution is 2.30. The first kappa shape index (κ1) is 9.77. The van der Waals surface area contributed by atoms with Gasteiger partial charge >= 0.3 is 5.69 Å². The van der Waals surface area contributed by atoms with Gasteiger partial charge < -0.3 is 4.98 Å². The van der Waals surface area contributed by atoms with Crippen molar-refractivity contribution in [2.45, 2.75) is 0 Å². The first-order valence-electron chi connectivity index (χ1n) is 5.01. The molecule has 17 heavy (non-hydrogen) atoms. The van der Waals surface area contributed by atoms with Crippen LogP contribution in [0.4, 0.5) is 10.1 Å². The monoisotopic (exact) mass is 230 g/mol. The third kappa shape index (κ3) is 1.36. The second kappa shape index (κ2) is 3.28. The minimum atomic E-state index is -0.825. The topological polar surface area (TPSA) is 58.9 Å². The van der Waals surface area contributed by atoms with Gasteiger partial charge in [0.25, 0.3) is 0 Å². The molecule has 1 N–H and O–H groups in total. The Hall–Kier alpha value is -2.43. The number of H-pyrrole nitrogens is 1. The van der Waals surface area contributed by atoms with Crippen molar-refractivity contribution in [2.24, 2.45) is 0 Å². The smallest absolute Gasteiger partial charge is 0.305 e. The molecule has 0 atom stereocenters. The van der Waals surface area contributed by atoms with Crippen molar-refractivity contribution < 1.29 is 9.31 Å². The van der Waals surface area contributed by atoms with Crippen molar-refractivity contribution in [3.63, 3.8) is 0 Å². The van der Waals surface area contributed by atoms with Gasteiger partial charge in [0.1, 0.15) is 0 Å². The van der Waals surface area contributed by atoms with Crippen molar-refractivity contribution in [3.05, 3.63) is 52.3 Å². The summed E-state index contributed by atoms with van der Waals surface area (Å²) >= 11 is 0. The van der Waals surface area contributed by atoms with Gasteiger partial charge in [-0.15, -0.1) is 0 Å². The number of aromatic nitrogens is 1. The lowest BCUT2D eigenvalue weighted by Gasteiger charge is -1.94. The highest BCUT2D eigenvalue weighted by molar-refractivity contribution is 6.07. The molecule has 4 nitrogen and oxygen atoms in total. The highest BCUT2D eigenvalue weighted by atomic mass is 19.1. The summed E-state index contributed by atoms with van der Waals surface area (Å²) in [7, 11) is 0. The largest absolute Gasteiger partial charge is 0.354 e. The average molecular weight is 230 g/mol. The molecule has 0 aliphatic carbocycles. The van der Waals surface area contributed by atoms with Gasteiger partial charge in [0, 0.05) is 33.9 Å². The maximum Gasteiger partial charge on any atom is 0.305 e. The fourth-order valence-corrected chi connectivity index (χ4v) is 2.00. The molecular formula is C12H7FN2O2. The Kier molecular flexibility index (Phi) is 1.89. The number of nitrogens with zero attached hydrogens (tertiary/aromatic N) is 1. The number of para-hydroxylation sites is 1. The van der Waals surface area contributed by atoms with E-state index in [9.17, 15) is 14.5 Å². The molecular weight excluding hydrogens is 223 g/mol. The summed E-state index contributed by atoms with van der Waals surface area (Å²) in [5.41, 5.74) is 0.902. The number of benzene rings is 2. The Balaban J connectivity index is 2.47. The van der Waals surface area contributed by atoms with Crippen LogP contribution in [0.25, 0.3) is 21.8 Å². The van der Waals surface area contributed by atoms with Gasteiger partial charge in [-0.3, -0.25) is 10.1 Å². The third-order valence-electron chi connectivity index (χ3n) is 2.77. The van der Waals surface area contributed by atoms with E-state index in [0.29, 0.717) is 10.9 Å². The van der Waals surface area contributed by atoms with Gasteiger partial charge in [-0.25, -0.2) is 0 Å². The van der Waals surface area contributed by atoms with Crippen molar-refractivity contribution in [1.82, 2.24) is 4.98 Å². The summed E-state index contributed by atoms with van der Waals surface area (Å²) in [4.78, 5) is 13.0. The number of hydrogen-bond acceptors (Lipinski definition) is 2. The molecule has 0 spiro atoms. The zero-order valence-electron chi connectivity index (χ0n) is 8.61. The van der Waals surface area contributed by atoms with Crippen molar-refractivity contribution in [3.8, 4) is 0 Å². The van der Waals surface area contributed by atoms with Crippen LogP contribution in [0, 0.1) is 15.9 Å². The first-order valence-corrected chi connectivity index (χ1v) is 5.01. The predicted octanol–water partition coefficient (Wildman–Crippen LogP) is 3.37. The lowest BCUT2D eigenvalue weighted by molar-refractivity contribution is -0.387. The van der Waals surface area contributed by atoms with Gasteiger partial charge in [0.15, 0.2) is 0 Å². The molecule has 1 aromatic heterocycles. The van der Waals surface area contributed by atoms with E-state index in [0.717, 1.165) is 17.0 Å². The standard InChI is InChI=1S/C12H7FN2O2/c13-9-6-11-8(5-12(9)15(16)17)7-3-1-2-4-10(7)14-11/h1-6,14H. The van der Waals surface area contributed by atoms with Gasteiger partial charge in [-0.05, 0) is 6.07 Å². The summed E-state index contributed by atoms with van der Waals surface area (Å²) in [6.07, 6.45) is 0. The van der Waals surface area contributed by atoms with Crippen LogP contribution in [-0.4, -0.2) is 9.91 Å². The number of nitro benzene ring substituents is 1. The van der Waals surface area contributed by atoms with E-state index < -0.39 is 16.4 Å². The van der Waals surface area contributed by atoms with E-state index in [1.165, 1.54) is 6.07 Å². The molecule has 5 heteroatoms. The zero-order valence-corrected chi connectivity index (χ0v) is 8.61. The Labute approximate surface area is 94.8 Å². The molecule has 0 unspecified atom stereocenters. The fourth-order valence-electron chi connectivity index (χ4n) is 2.00. The predicted molar refractivity (Wildman–Crippen MR) is 62.4 cm³/mol. The molecule has 0 amide bonds.